The monoisotopic (exact) mass is 216 g/mol. The molecule has 5 heteroatoms. The maximum atomic E-state index is 11.3. The Morgan fingerprint density at radius 1 is 1.33 bits per heavy atom. The van der Waals surface area contributed by atoms with Crippen LogP contribution in [0.25, 0.3) is 0 Å². The number of aliphatic hydroxyl groups excluding tert-OH is 1. The Hall–Kier alpha value is -1.36. The van der Waals surface area contributed by atoms with Gasteiger partial charge in [-0.25, -0.2) is 9.59 Å². The van der Waals surface area contributed by atoms with Crippen molar-refractivity contribution < 1.29 is 24.2 Å². The van der Waals surface area contributed by atoms with Crippen LogP contribution in [0.2, 0.25) is 0 Å². The van der Waals surface area contributed by atoms with Crippen molar-refractivity contribution in [1.82, 2.24) is 0 Å². The minimum Gasteiger partial charge on any atom is -0.459 e. The molecule has 0 unspecified atom stereocenters. The SMILES string of the molecule is C=C(COC(=O)CO)C(=O)OC(C)(C)C. The summed E-state index contributed by atoms with van der Waals surface area (Å²) in [5.41, 5.74) is -0.576. The maximum absolute atomic E-state index is 11.3. The van der Waals surface area contributed by atoms with Crippen molar-refractivity contribution in [1.29, 1.82) is 0 Å². The number of hydrogen-bond acceptors (Lipinski definition) is 5. The highest BCUT2D eigenvalue weighted by Gasteiger charge is 2.19. The minimum atomic E-state index is -0.806. The van der Waals surface area contributed by atoms with Gasteiger partial charge in [0.25, 0.3) is 0 Å². The average Bonchev–Trinajstić information content (AvgIpc) is 2.10. The van der Waals surface area contributed by atoms with Gasteiger partial charge in [0.05, 0.1) is 5.57 Å². The van der Waals surface area contributed by atoms with Crippen LogP contribution in [-0.4, -0.2) is 35.9 Å². The van der Waals surface area contributed by atoms with Crippen LogP contribution in [0.15, 0.2) is 12.2 Å². The van der Waals surface area contributed by atoms with Gasteiger partial charge in [-0.15, -0.1) is 0 Å². The fraction of sp³-hybridized carbons (Fsp3) is 0.600. The Morgan fingerprint density at radius 2 is 1.87 bits per heavy atom. The van der Waals surface area contributed by atoms with Crippen LogP contribution >= 0.6 is 0 Å². The van der Waals surface area contributed by atoms with Crippen molar-refractivity contribution >= 4 is 11.9 Å². The number of esters is 2. The molecule has 0 heterocycles. The molecule has 86 valence electrons. The molecule has 0 aromatic heterocycles. The lowest BCUT2D eigenvalue weighted by molar-refractivity contribution is -0.152. The Bertz CT molecular complexity index is 261. The van der Waals surface area contributed by atoms with Crippen LogP contribution in [0.1, 0.15) is 20.8 Å². The molecule has 1 N–H and O–H groups in total. The molecule has 0 spiro atoms. The largest absolute Gasteiger partial charge is 0.459 e. The third kappa shape index (κ3) is 6.68. The van der Waals surface area contributed by atoms with E-state index in [0.717, 1.165) is 0 Å². The quantitative estimate of drug-likeness (QED) is 0.544. The van der Waals surface area contributed by atoms with Gasteiger partial charge in [0.1, 0.15) is 18.8 Å². The second kappa shape index (κ2) is 5.50. The molecular weight excluding hydrogens is 200 g/mol. The molecule has 0 atom stereocenters. The summed E-state index contributed by atoms with van der Waals surface area (Å²) in [7, 11) is 0. The summed E-state index contributed by atoms with van der Waals surface area (Å²) in [5.74, 6) is -1.42. The van der Waals surface area contributed by atoms with Crippen LogP contribution in [-0.2, 0) is 19.1 Å². The average molecular weight is 216 g/mol. The first kappa shape index (κ1) is 13.6. The number of hydrogen-bond donors (Lipinski definition) is 1. The van der Waals surface area contributed by atoms with Gasteiger partial charge in [0, 0.05) is 0 Å². The van der Waals surface area contributed by atoms with Crippen molar-refractivity contribution in [3.8, 4) is 0 Å². The fourth-order valence-corrected chi connectivity index (χ4v) is 0.622. The molecule has 0 rings (SSSR count). The second-order valence-corrected chi connectivity index (χ2v) is 3.92. The first-order chi connectivity index (χ1) is 6.76. The summed E-state index contributed by atoms with van der Waals surface area (Å²) in [5, 5.41) is 8.35. The first-order valence-electron chi connectivity index (χ1n) is 4.44. The molecule has 0 aliphatic rings. The van der Waals surface area contributed by atoms with E-state index in [1.54, 1.807) is 20.8 Å². The van der Waals surface area contributed by atoms with Gasteiger partial charge in [0.15, 0.2) is 0 Å². The molecule has 0 aliphatic carbocycles. The summed E-state index contributed by atoms with van der Waals surface area (Å²) in [6.45, 7) is 7.58. The molecule has 0 bridgehead atoms. The first-order valence-corrected chi connectivity index (χ1v) is 4.44. The van der Waals surface area contributed by atoms with E-state index < -0.39 is 24.1 Å². The number of aliphatic hydroxyl groups is 1. The molecule has 0 saturated carbocycles. The molecule has 0 saturated heterocycles. The normalized spacial score (nSPS) is 10.7. The van der Waals surface area contributed by atoms with Crippen LogP contribution in [0.4, 0.5) is 0 Å². The zero-order valence-corrected chi connectivity index (χ0v) is 9.20. The van der Waals surface area contributed by atoms with Crippen molar-refractivity contribution in [3.63, 3.8) is 0 Å². The van der Waals surface area contributed by atoms with Crippen molar-refractivity contribution in [2.24, 2.45) is 0 Å². The number of carbonyl (C=O) groups excluding carboxylic acids is 2. The van der Waals surface area contributed by atoms with Crippen molar-refractivity contribution in [3.05, 3.63) is 12.2 Å². The molecule has 0 aliphatic heterocycles. The van der Waals surface area contributed by atoms with Gasteiger partial charge in [0.2, 0.25) is 0 Å². The van der Waals surface area contributed by atoms with Crippen molar-refractivity contribution in [2.75, 3.05) is 13.2 Å². The van der Waals surface area contributed by atoms with E-state index in [1.807, 2.05) is 0 Å². The lowest BCUT2D eigenvalue weighted by Gasteiger charge is -2.20. The lowest BCUT2D eigenvalue weighted by atomic mass is 10.2. The Kier molecular flexibility index (Phi) is 5.00. The molecule has 0 amide bonds. The van der Waals surface area contributed by atoms with Crippen LogP contribution < -0.4 is 0 Å². The van der Waals surface area contributed by atoms with Crippen LogP contribution in [0.5, 0.6) is 0 Å². The molecule has 5 nitrogen and oxygen atoms in total. The van der Waals surface area contributed by atoms with Gasteiger partial charge in [-0.05, 0) is 20.8 Å². The van der Waals surface area contributed by atoms with Gasteiger partial charge >= 0.3 is 11.9 Å². The number of rotatable bonds is 4. The topological polar surface area (TPSA) is 72.8 Å². The third-order valence-corrected chi connectivity index (χ3v) is 1.22. The second-order valence-electron chi connectivity index (χ2n) is 3.92. The van der Waals surface area contributed by atoms with Crippen molar-refractivity contribution in [2.45, 2.75) is 26.4 Å². The maximum Gasteiger partial charge on any atom is 0.337 e. The molecule has 15 heavy (non-hydrogen) atoms. The predicted octanol–water partition coefficient (Wildman–Crippen LogP) is 0.420. The Balaban J connectivity index is 4.01. The standard InChI is InChI=1S/C10H16O5/c1-7(6-14-8(12)5-11)9(13)15-10(2,3)4/h11H,1,5-6H2,2-4H3. The van der Waals surface area contributed by atoms with E-state index in [2.05, 4.69) is 11.3 Å². The zero-order valence-electron chi connectivity index (χ0n) is 9.20. The van der Waals surface area contributed by atoms with Gasteiger partial charge < -0.3 is 14.6 Å². The highest BCUT2D eigenvalue weighted by molar-refractivity contribution is 5.88. The minimum absolute atomic E-state index is 0.0340. The lowest BCUT2D eigenvalue weighted by Crippen LogP contribution is -2.26. The van der Waals surface area contributed by atoms with Crippen LogP contribution in [0, 0.1) is 0 Å². The molecular formula is C10H16O5. The van der Waals surface area contributed by atoms with E-state index in [9.17, 15) is 9.59 Å². The van der Waals surface area contributed by atoms with Gasteiger partial charge in [-0.3, -0.25) is 0 Å². The Morgan fingerprint density at radius 3 is 2.27 bits per heavy atom. The summed E-state index contributed by atoms with van der Waals surface area (Å²) in [6.07, 6.45) is 0. The van der Waals surface area contributed by atoms with Crippen LogP contribution in [0.3, 0.4) is 0 Å². The summed E-state index contributed by atoms with van der Waals surface area (Å²) < 4.78 is 9.47. The summed E-state index contributed by atoms with van der Waals surface area (Å²) >= 11 is 0. The number of ether oxygens (including phenoxy) is 2. The Labute approximate surface area is 88.7 Å². The highest BCUT2D eigenvalue weighted by atomic mass is 16.6. The molecule has 0 aromatic rings. The number of carbonyl (C=O) groups is 2. The molecule has 0 fully saturated rings. The highest BCUT2D eigenvalue weighted by Crippen LogP contribution is 2.10. The van der Waals surface area contributed by atoms with E-state index in [0.29, 0.717) is 0 Å². The summed E-state index contributed by atoms with van der Waals surface area (Å²) in [4.78, 5) is 21.8. The zero-order chi connectivity index (χ0) is 12.1. The predicted molar refractivity (Wildman–Crippen MR) is 53.0 cm³/mol. The molecule has 0 radical (unpaired) electrons. The third-order valence-electron chi connectivity index (χ3n) is 1.22. The van der Waals surface area contributed by atoms with Gasteiger partial charge in [-0.2, -0.15) is 0 Å². The fourth-order valence-electron chi connectivity index (χ4n) is 0.622. The van der Waals surface area contributed by atoms with E-state index in [-0.39, 0.29) is 12.2 Å². The smallest absolute Gasteiger partial charge is 0.337 e. The molecule has 0 aromatic carbocycles. The van der Waals surface area contributed by atoms with E-state index in [4.69, 9.17) is 9.84 Å². The van der Waals surface area contributed by atoms with Gasteiger partial charge in [-0.1, -0.05) is 6.58 Å². The summed E-state index contributed by atoms with van der Waals surface area (Å²) in [6, 6.07) is 0. The van der Waals surface area contributed by atoms with E-state index >= 15 is 0 Å². The van der Waals surface area contributed by atoms with E-state index in [1.165, 1.54) is 0 Å².